The molecule has 1 saturated carbocycles. The minimum atomic E-state index is 0.367. The molecular formula is C11H17N3S2. The minimum Gasteiger partial charge on any atom is -0.303 e. The second kappa shape index (κ2) is 3.88. The van der Waals surface area contributed by atoms with Crippen LogP contribution in [-0.2, 0) is 6.54 Å². The van der Waals surface area contributed by atoms with Crippen molar-refractivity contribution in [3.63, 3.8) is 0 Å². The van der Waals surface area contributed by atoms with Crippen LogP contribution in [0.25, 0.3) is 0 Å². The van der Waals surface area contributed by atoms with E-state index in [-0.39, 0.29) is 0 Å². The fourth-order valence-corrected chi connectivity index (χ4v) is 3.93. The maximum absolute atomic E-state index is 5.34. The molecule has 1 atom stereocenters. The molecule has 0 aromatic carbocycles. The van der Waals surface area contributed by atoms with Crippen LogP contribution in [0, 0.1) is 4.77 Å². The summed E-state index contributed by atoms with van der Waals surface area (Å²) in [5.41, 5.74) is 0. The zero-order chi connectivity index (χ0) is 11.2. The van der Waals surface area contributed by atoms with E-state index in [4.69, 9.17) is 12.2 Å². The van der Waals surface area contributed by atoms with Crippen molar-refractivity contribution in [1.82, 2.24) is 14.8 Å². The van der Waals surface area contributed by atoms with E-state index < -0.39 is 0 Å². The summed E-state index contributed by atoms with van der Waals surface area (Å²) in [5, 5.41) is 7.34. The van der Waals surface area contributed by atoms with E-state index in [0.29, 0.717) is 10.7 Å². The van der Waals surface area contributed by atoms with Crippen molar-refractivity contribution in [2.75, 3.05) is 5.75 Å². The summed E-state index contributed by atoms with van der Waals surface area (Å²) >= 11 is 7.42. The zero-order valence-electron chi connectivity index (χ0n) is 9.53. The lowest BCUT2D eigenvalue weighted by atomic mass is 10.1. The molecule has 2 aliphatic rings. The van der Waals surface area contributed by atoms with Crippen molar-refractivity contribution >= 4 is 24.0 Å². The van der Waals surface area contributed by atoms with Crippen LogP contribution in [0.15, 0.2) is 0 Å². The van der Waals surface area contributed by atoms with Crippen LogP contribution >= 0.6 is 24.0 Å². The normalized spacial score (nSPS) is 29.8. The fourth-order valence-electron chi connectivity index (χ4n) is 2.43. The average molecular weight is 255 g/mol. The molecule has 1 aromatic rings. The van der Waals surface area contributed by atoms with Gasteiger partial charge in [0.2, 0.25) is 0 Å². The zero-order valence-corrected chi connectivity index (χ0v) is 11.2. The molecule has 1 N–H and O–H groups in total. The van der Waals surface area contributed by atoms with Crippen LogP contribution in [0.4, 0.5) is 0 Å². The first-order chi connectivity index (χ1) is 7.68. The molecule has 5 heteroatoms. The molecule has 0 spiro atoms. The van der Waals surface area contributed by atoms with Gasteiger partial charge in [0.1, 0.15) is 5.82 Å². The second-order valence-corrected chi connectivity index (χ2v) is 7.22. The van der Waals surface area contributed by atoms with Crippen molar-refractivity contribution in [2.24, 2.45) is 0 Å². The van der Waals surface area contributed by atoms with Crippen LogP contribution in [0.3, 0.4) is 0 Å². The lowest BCUT2D eigenvalue weighted by Crippen LogP contribution is -2.24. The molecular weight excluding hydrogens is 238 g/mol. The van der Waals surface area contributed by atoms with Crippen LogP contribution in [0.2, 0.25) is 0 Å². The monoisotopic (exact) mass is 255 g/mol. The van der Waals surface area contributed by atoms with Crippen molar-refractivity contribution in [3.05, 3.63) is 10.6 Å². The van der Waals surface area contributed by atoms with Gasteiger partial charge in [-0.1, -0.05) is 0 Å². The predicted octanol–water partition coefficient (Wildman–Crippen LogP) is 3.10. The van der Waals surface area contributed by atoms with Gasteiger partial charge in [-0.15, -0.1) is 0 Å². The molecule has 3 rings (SSSR count). The molecule has 0 bridgehead atoms. The molecule has 1 unspecified atom stereocenters. The van der Waals surface area contributed by atoms with Gasteiger partial charge in [-0.2, -0.15) is 16.9 Å². The van der Waals surface area contributed by atoms with Gasteiger partial charge in [0.25, 0.3) is 0 Å². The Kier molecular flexibility index (Phi) is 2.63. The van der Waals surface area contributed by atoms with Gasteiger partial charge in [-0.05, 0) is 50.6 Å². The molecule has 0 amide bonds. The molecule has 0 radical (unpaired) electrons. The van der Waals surface area contributed by atoms with Gasteiger partial charge in [-0.3, -0.25) is 5.10 Å². The Labute approximate surface area is 105 Å². The van der Waals surface area contributed by atoms with Crippen LogP contribution in [-0.4, -0.2) is 25.3 Å². The van der Waals surface area contributed by atoms with Gasteiger partial charge in [0.15, 0.2) is 4.77 Å². The Morgan fingerprint density at radius 2 is 2.44 bits per heavy atom. The van der Waals surface area contributed by atoms with Crippen molar-refractivity contribution < 1.29 is 0 Å². The summed E-state index contributed by atoms with van der Waals surface area (Å²) in [5.74, 6) is 3.15. The smallest absolute Gasteiger partial charge is 0.195 e. The average Bonchev–Trinajstić information content (AvgIpc) is 2.92. The standard InChI is InChI=1S/C11H17N3S2/c1-11(5-2-6-16-11)7-14-9(8-3-4-8)12-13-10(14)15/h8H,2-7H2,1H3,(H,13,15). The number of hydrogen-bond donors (Lipinski definition) is 1. The maximum atomic E-state index is 5.34. The Bertz CT molecular complexity index is 438. The third-order valence-electron chi connectivity index (χ3n) is 3.52. The summed E-state index contributed by atoms with van der Waals surface area (Å²) in [6, 6.07) is 0. The van der Waals surface area contributed by atoms with Crippen LogP contribution in [0.5, 0.6) is 0 Å². The van der Waals surface area contributed by atoms with Crippen molar-refractivity contribution in [1.29, 1.82) is 0 Å². The molecule has 16 heavy (non-hydrogen) atoms. The molecule has 2 fully saturated rings. The molecule has 1 aliphatic carbocycles. The third-order valence-corrected chi connectivity index (χ3v) is 5.36. The number of hydrogen-bond acceptors (Lipinski definition) is 3. The minimum absolute atomic E-state index is 0.367. The lowest BCUT2D eigenvalue weighted by Gasteiger charge is -2.23. The number of rotatable bonds is 3. The van der Waals surface area contributed by atoms with Gasteiger partial charge in [0, 0.05) is 17.2 Å². The Morgan fingerprint density at radius 1 is 1.62 bits per heavy atom. The lowest BCUT2D eigenvalue weighted by molar-refractivity contribution is 0.494. The highest BCUT2D eigenvalue weighted by atomic mass is 32.2. The van der Waals surface area contributed by atoms with E-state index in [1.807, 2.05) is 0 Å². The number of aromatic nitrogens is 3. The van der Waals surface area contributed by atoms with E-state index in [2.05, 4.69) is 33.5 Å². The van der Waals surface area contributed by atoms with Gasteiger partial charge in [-0.25, -0.2) is 0 Å². The Hall–Kier alpha value is -0.290. The molecule has 3 nitrogen and oxygen atoms in total. The highest BCUT2D eigenvalue weighted by molar-refractivity contribution is 8.00. The van der Waals surface area contributed by atoms with E-state index in [9.17, 15) is 0 Å². The predicted molar refractivity (Wildman–Crippen MR) is 69.5 cm³/mol. The Morgan fingerprint density at radius 3 is 3.06 bits per heavy atom. The number of nitrogens with zero attached hydrogens (tertiary/aromatic N) is 2. The third kappa shape index (κ3) is 1.95. The van der Waals surface area contributed by atoms with E-state index in [1.54, 1.807) is 0 Å². The first kappa shape index (κ1) is 10.8. The number of aromatic amines is 1. The van der Waals surface area contributed by atoms with Gasteiger partial charge < -0.3 is 4.57 Å². The molecule has 88 valence electrons. The van der Waals surface area contributed by atoms with E-state index >= 15 is 0 Å². The first-order valence-corrected chi connectivity index (χ1v) is 7.36. The topological polar surface area (TPSA) is 33.6 Å². The van der Waals surface area contributed by atoms with Crippen LogP contribution < -0.4 is 0 Å². The highest BCUT2D eigenvalue weighted by Crippen LogP contribution is 2.42. The van der Waals surface area contributed by atoms with E-state index in [1.165, 1.54) is 37.3 Å². The SMILES string of the molecule is CC1(Cn2c(C3CC3)n[nH]c2=S)CCCS1. The first-order valence-electron chi connectivity index (χ1n) is 5.97. The fraction of sp³-hybridized carbons (Fsp3) is 0.818. The maximum Gasteiger partial charge on any atom is 0.195 e. The van der Waals surface area contributed by atoms with Gasteiger partial charge >= 0.3 is 0 Å². The van der Waals surface area contributed by atoms with Crippen molar-refractivity contribution in [3.8, 4) is 0 Å². The quantitative estimate of drug-likeness (QED) is 0.843. The van der Waals surface area contributed by atoms with Crippen LogP contribution in [0.1, 0.15) is 44.3 Å². The Balaban J connectivity index is 1.87. The second-order valence-electron chi connectivity index (χ2n) is 5.15. The molecule has 1 aliphatic heterocycles. The van der Waals surface area contributed by atoms with Gasteiger partial charge in [0.05, 0.1) is 0 Å². The summed E-state index contributed by atoms with van der Waals surface area (Å²) in [6.07, 6.45) is 5.20. The highest BCUT2D eigenvalue weighted by Gasteiger charge is 2.34. The van der Waals surface area contributed by atoms with E-state index in [0.717, 1.165) is 11.3 Å². The largest absolute Gasteiger partial charge is 0.303 e. The molecule has 1 aromatic heterocycles. The number of H-pyrrole nitrogens is 1. The summed E-state index contributed by atoms with van der Waals surface area (Å²) in [6.45, 7) is 3.38. The molecule has 1 saturated heterocycles. The summed E-state index contributed by atoms with van der Waals surface area (Å²) in [4.78, 5) is 0. The number of thioether (sulfide) groups is 1. The summed E-state index contributed by atoms with van der Waals surface area (Å²) in [7, 11) is 0. The van der Waals surface area contributed by atoms with Crippen molar-refractivity contribution in [2.45, 2.75) is 49.8 Å². The summed E-state index contributed by atoms with van der Waals surface area (Å²) < 4.78 is 3.41. The molecule has 2 heterocycles. The number of nitrogens with one attached hydrogen (secondary N) is 1.